The van der Waals surface area contributed by atoms with Crippen LogP contribution in [0.2, 0.25) is 0 Å². The largest absolute Gasteiger partial charge is 0.299 e. The van der Waals surface area contributed by atoms with Gasteiger partial charge in [-0.05, 0) is 55.8 Å². The Morgan fingerprint density at radius 2 is 1.94 bits per heavy atom. The molecule has 1 nitrogen and oxygen atoms in total. The van der Waals surface area contributed by atoms with Gasteiger partial charge in [0.2, 0.25) is 0 Å². The molecular formula is C17H23N. The summed E-state index contributed by atoms with van der Waals surface area (Å²) in [6, 6.07) is 11.6. The zero-order chi connectivity index (χ0) is 12.5. The molecule has 1 heteroatoms. The molecule has 0 aliphatic heterocycles. The first kappa shape index (κ1) is 12.0. The molecule has 3 atom stereocenters. The van der Waals surface area contributed by atoms with Crippen LogP contribution in [0.15, 0.2) is 36.4 Å². The van der Waals surface area contributed by atoms with Crippen LogP contribution in [0.25, 0.3) is 5.57 Å². The van der Waals surface area contributed by atoms with Crippen LogP contribution in [-0.2, 0) is 0 Å². The maximum atomic E-state index is 2.57. The van der Waals surface area contributed by atoms with E-state index in [-0.39, 0.29) is 0 Å². The highest BCUT2D eigenvalue weighted by molar-refractivity contribution is 5.71. The molecule has 96 valence electrons. The van der Waals surface area contributed by atoms with Crippen LogP contribution in [0.4, 0.5) is 0 Å². The van der Waals surface area contributed by atoms with Gasteiger partial charge < -0.3 is 0 Å². The Kier molecular flexibility index (Phi) is 3.25. The number of nitrogens with zero attached hydrogens (tertiary/aromatic N) is 1. The monoisotopic (exact) mass is 241 g/mol. The fraction of sp³-hybridized carbons (Fsp3) is 0.529. The summed E-state index contributed by atoms with van der Waals surface area (Å²) in [4.78, 5) is 2.53. The van der Waals surface area contributed by atoms with Gasteiger partial charge in [0.05, 0.1) is 0 Å². The first-order valence-corrected chi connectivity index (χ1v) is 7.27. The summed E-state index contributed by atoms with van der Waals surface area (Å²) in [7, 11) is 2.28. The molecule has 0 saturated heterocycles. The maximum absolute atomic E-state index is 2.57. The van der Waals surface area contributed by atoms with Crippen molar-refractivity contribution in [2.24, 2.45) is 11.8 Å². The minimum atomic E-state index is 0.635. The van der Waals surface area contributed by atoms with Gasteiger partial charge in [-0.3, -0.25) is 4.90 Å². The molecule has 1 aromatic rings. The predicted molar refractivity (Wildman–Crippen MR) is 77.3 cm³/mol. The molecule has 0 aromatic heterocycles. The molecule has 0 spiro atoms. The van der Waals surface area contributed by atoms with E-state index in [0.717, 1.165) is 18.4 Å². The second-order valence-corrected chi connectivity index (χ2v) is 5.84. The molecule has 18 heavy (non-hydrogen) atoms. The number of hydrogen-bond donors (Lipinski definition) is 0. The van der Waals surface area contributed by atoms with Gasteiger partial charge in [-0.15, -0.1) is 0 Å². The molecule has 1 aromatic carbocycles. The quantitative estimate of drug-likeness (QED) is 0.777. The molecular weight excluding hydrogens is 218 g/mol. The van der Waals surface area contributed by atoms with Gasteiger partial charge in [-0.25, -0.2) is 0 Å². The second-order valence-electron chi connectivity index (χ2n) is 5.84. The minimum Gasteiger partial charge on any atom is -0.299 e. The Hall–Kier alpha value is -1.08. The lowest BCUT2D eigenvalue weighted by Gasteiger charge is -2.37. The number of likely N-dealkylation sites (N-methyl/N-ethyl adjacent to an activating group) is 1. The summed E-state index contributed by atoms with van der Waals surface area (Å²) in [6.07, 6.45) is 6.78. The number of allylic oxidation sites excluding steroid dienone is 1. The zero-order valence-corrected chi connectivity index (χ0v) is 11.5. The van der Waals surface area contributed by atoms with Crippen molar-refractivity contribution in [1.82, 2.24) is 4.90 Å². The Balaban J connectivity index is 1.99. The van der Waals surface area contributed by atoms with Crippen LogP contribution in [0.3, 0.4) is 0 Å². The van der Waals surface area contributed by atoms with E-state index in [1.165, 1.54) is 24.8 Å². The number of hydrogen-bond acceptors (Lipinski definition) is 1. The molecule has 0 unspecified atom stereocenters. The highest BCUT2D eigenvalue weighted by atomic mass is 15.1. The Bertz CT molecular complexity index is 434. The van der Waals surface area contributed by atoms with Crippen LogP contribution in [0.5, 0.6) is 0 Å². The first-order chi connectivity index (χ1) is 8.79. The summed E-state index contributed by atoms with van der Waals surface area (Å²) in [5, 5.41) is 0. The van der Waals surface area contributed by atoms with Crippen LogP contribution in [-0.4, -0.2) is 24.5 Å². The van der Waals surface area contributed by atoms with Crippen molar-refractivity contribution in [3.05, 3.63) is 42.0 Å². The van der Waals surface area contributed by atoms with Crippen molar-refractivity contribution in [1.29, 1.82) is 0 Å². The Morgan fingerprint density at radius 1 is 1.17 bits per heavy atom. The molecule has 2 aliphatic carbocycles. The van der Waals surface area contributed by atoms with E-state index in [1.807, 2.05) is 0 Å². The molecule has 2 bridgehead atoms. The smallest absolute Gasteiger partial charge is 0.0376 e. The van der Waals surface area contributed by atoms with E-state index in [4.69, 9.17) is 0 Å². The van der Waals surface area contributed by atoms with Crippen LogP contribution >= 0.6 is 0 Å². The summed E-state index contributed by atoms with van der Waals surface area (Å²) >= 11 is 0. The van der Waals surface area contributed by atoms with Crippen molar-refractivity contribution in [3.63, 3.8) is 0 Å². The van der Waals surface area contributed by atoms with Gasteiger partial charge in [-0.2, -0.15) is 0 Å². The molecule has 2 aliphatic rings. The van der Waals surface area contributed by atoms with Gasteiger partial charge >= 0.3 is 0 Å². The van der Waals surface area contributed by atoms with Gasteiger partial charge in [-0.1, -0.05) is 43.3 Å². The molecule has 3 rings (SSSR count). The second kappa shape index (κ2) is 4.89. The first-order valence-electron chi connectivity index (χ1n) is 7.27. The third-order valence-electron chi connectivity index (χ3n) is 4.77. The topological polar surface area (TPSA) is 3.24 Å². The van der Waals surface area contributed by atoms with Crippen molar-refractivity contribution in [3.8, 4) is 0 Å². The van der Waals surface area contributed by atoms with Crippen molar-refractivity contribution < 1.29 is 0 Å². The molecule has 1 saturated carbocycles. The zero-order valence-electron chi connectivity index (χ0n) is 11.5. The molecule has 0 amide bonds. The summed E-state index contributed by atoms with van der Waals surface area (Å²) in [5.41, 5.74) is 3.01. The third kappa shape index (κ3) is 2.01. The highest BCUT2D eigenvalue weighted by Gasteiger charge is 2.38. The molecule has 0 heterocycles. The van der Waals surface area contributed by atoms with Gasteiger partial charge in [0.25, 0.3) is 0 Å². The Labute approximate surface area is 111 Å². The molecule has 0 radical (unpaired) electrons. The number of rotatable bonds is 3. The fourth-order valence-electron chi connectivity index (χ4n) is 3.79. The van der Waals surface area contributed by atoms with Crippen LogP contribution in [0, 0.1) is 11.8 Å². The molecule has 1 fully saturated rings. The normalized spacial score (nSPS) is 30.6. The SMILES string of the molecule is CCN(C)[C@H]1C(c2ccccc2)=C[C@H]2CC[C@H]1C2. The standard InChI is InChI=1S/C17H23N/c1-3-18(2)17-15-10-9-13(11-15)12-16(17)14-7-5-4-6-8-14/h4-8,12-13,15,17H,3,9-11H2,1-2H3/t13-,15-,17+/m0/s1. The third-order valence-corrected chi connectivity index (χ3v) is 4.77. The average Bonchev–Trinajstić information content (AvgIpc) is 2.80. The lowest BCUT2D eigenvalue weighted by atomic mass is 9.81. The van der Waals surface area contributed by atoms with E-state index >= 15 is 0 Å². The van der Waals surface area contributed by atoms with E-state index < -0.39 is 0 Å². The van der Waals surface area contributed by atoms with Gasteiger partial charge in [0.15, 0.2) is 0 Å². The minimum absolute atomic E-state index is 0.635. The van der Waals surface area contributed by atoms with E-state index in [2.05, 4.69) is 55.3 Å². The summed E-state index contributed by atoms with van der Waals surface area (Å²) < 4.78 is 0. The number of benzene rings is 1. The van der Waals surface area contributed by atoms with Crippen LogP contribution < -0.4 is 0 Å². The molecule has 0 N–H and O–H groups in total. The maximum Gasteiger partial charge on any atom is 0.0376 e. The van der Waals surface area contributed by atoms with E-state index in [1.54, 1.807) is 5.57 Å². The average molecular weight is 241 g/mol. The fourth-order valence-corrected chi connectivity index (χ4v) is 3.79. The van der Waals surface area contributed by atoms with Gasteiger partial charge in [0.1, 0.15) is 0 Å². The lowest BCUT2D eigenvalue weighted by molar-refractivity contribution is 0.226. The highest BCUT2D eigenvalue weighted by Crippen LogP contribution is 2.45. The lowest BCUT2D eigenvalue weighted by Crippen LogP contribution is -2.39. The van der Waals surface area contributed by atoms with Crippen molar-refractivity contribution in [2.45, 2.75) is 32.2 Å². The summed E-state index contributed by atoms with van der Waals surface area (Å²) in [5.74, 6) is 1.71. The van der Waals surface area contributed by atoms with Crippen LogP contribution in [0.1, 0.15) is 31.7 Å². The van der Waals surface area contributed by atoms with E-state index in [9.17, 15) is 0 Å². The van der Waals surface area contributed by atoms with Gasteiger partial charge in [0, 0.05) is 6.04 Å². The van der Waals surface area contributed by atoms with Crippen molar-refractivity contribution >= 4 is 5.57 Å². The van der Waals surface area contributed by atoms with Crippen molar-refractivity contribution in [2.75, 3.05) is 13.6 Å². The van der Waals surface area contributed by atoms with E-state index in [0.29, 0.717) is 6.04 Å². The predicted octanol–water partition coefficient (Wildman–Crippen LogP) is 3.82. The number of fused-ring (bicyclic) bond motifs is 2. The Morgan fingerprint density at radius 3 is 2.67 bits per heavy atom. The summed E-state index contributed by atoms with van der Waals surface area (Å²) in [6.45, 7) is 3.40.